The molecule has 7 heteroatoms. The number of imide groups is 1. The zero-order chi connectivity index (χ0) is 21.9. The fourth-order valence-corrected chi connectivity index (χ4v) is 3.80. The van der Waals surface area contributed by atoms with Crippen molar-refractivity contribution < 1.29 is 14.4 Å². The van der Waals surface area contributed by atoms with Crippen LogP contribution in [-0.2, 0) is 28.1 Å². The molecular formula is C23H26ClN3O3. The first-order valence-electron chi connectivity index (χ1n) is 9.96. The molecule has 1 atom stereocenters. The Kier molecular flexibility index (Phi) is 6.46. The van der Waals surface area contributed by atoms with E-state index in [1.165, 1.54) is 10.5 Å². The predicted octanol–water partition coefficient (Wildman–Crippen LogP) is 3.72. The van der Waals surface area contributed by atoms with E-state index in [0.717, 1.165) is 23.3 Å². The van der Waals surface area contributed by atoms with Gasteiger partial charge in [0, 0.05) is 18.6 Å². The SMILES string of the molecule is CCCc1ccc(C2(C)NC(=O)N(CC(=O)N(C)Cc3cccc(Cl)c3)C2=O)cc1. The molecule has 3 rings (SSSR count). The number of hydrogen-bond acceptors (Lipinski definition) is 3. The third-order valence-electron chi connectivity index (χ3n) is 5.37. The van der Waals surface area contributed by atoms with Gasteiger partial charge in [-0.05, 0) is 42.2 Å². The molecule has 30 heavy (non-hydrogen) atoms. The highest BCUT2D eigenvalue weighted by atomic mass is 35.5. The molecule has 4 amide bonds. The van der Waals surface area contributed by atoms with Crippen molar-refractivity contribution in [1.29, 1.82) is 0 Å². The van der Waals surface area contributed by atoms with Crippen molar-refractivity contribution in [2.75, 3.05) is 13.6 Å². The van der Waals surface area contributed by atoms with Crippen LogP contribution in [0.25, 0.3) is 0 Å². The largest absolute Gasteiger partial charge is 0.340 e. The van der Waals surface area contributed by atoms with Gasteiger partial charge < -0.3 is 10.2 Å². The van der Waals surface area contributed by atoms with Gasteiger partial charge in [0.15, 0.2) is 0 Å². The lowest BCUT2D eigenvalue weighted by Crippen LogP contribution is -2.43. The third-order valence-corrected chi connectivity index (χ3v) is 5.61. The van der Waals surface area contributed by atoms with Crippen LogP contribution in [0.3, 0.4) is 0 Å². The van der Waals surface area contributed by atoms with Crippen LogP contribution in [0.15, 0.2) is 48.5 Å². The number of benzene rings is 2. The molecule has 0 spiro atoms. The molecule has 0 aliphatic carbocycles. The Labute approximate surface area is 181 Å². The standard InChI is InChI=1S/C23H26ClN3O3/c1-4-6-16-9-11-18(12-10-16)23(2)21(29)27(22(30)25-23)15-20(28)26(3)14-17-7-5-8-19(24)13-17/h5,7-13H,4,6,14-15H2,1-3H3,(H,25,30). The molecule has 0 radical (unpaired) electrons. The highest BCUT2D eigenvalue weighted by molar-refractivity contribution is 6.30. The summed E-state index contributed by atoms with van der Waals surface area (Å²) in [5.74, 6) is -0.763. The van der Waals surface area contributed by atoms with Crippen LogP contribution < -0.4 is 5.32 Å². The van der Waals surface area contributed by atoms with E-state index in [1.807, 2.05) is 36.4 Å². The number of rotatable bonds is 7. The summed E-state index contributed by atoms with van der Waals surface area (Å²) >= 11 is 5.99. The van der Waals surface area contributed by atoms with Crippen molar-refractivity contribution in [3.63, 3.8) is 0 Å². The zero-order valence-corrected chi connectivity index (χ0v) is 18.2. The summed E-state index contributed by atoms with van der Waals surface area (Å²) in [7, 11) is 1.63. The Hall–Kier alpha value is -2.86. The molecule has 1 heterocycles. The van der Waals surface area contributed by atoms with Crippen molar-refractivity contribution in [2.24, 2.45) is 0 Å². The van der Waals surface area contributed by atoms with Gasteiger partial charge in [0.05, 0.1) is 0 Å². The summed E-state index contributed by atoms with van der Waals surface area (Å²) in [5, 5.41) is 3.33. The molecule has 0 bridgehead atoms. The number of nitrogens with one attached hydrogen (secondary N) is 1. The molecule has 2 aromatic rings. The zero-order valence-electron chi connectivity index (χ0n) is 17.4. The normalized spacial score (nSPS) is 18.5. The molecule has 0 saturated carbocycles. The highest BCUT2D eigenvalue weighted by Crippen LogP contribution is 2.29. The van der Waals surface area contributed by atoms with Crippen LogP contribution in [0.5, 0.6) is 0 Å². The van der Waals surface area contributed by atoms with Crippen molar-refractivity contribution >= 4 is 29.4 Å². The Balaban J connectivity index is 1.70. The average Bonchev–Trinajstić information content (AvgIpc) is 2.92. The van der Waals surface area contributed by atoms with Gasteiger partial charge in [-0.25, -0.2) is 4.79 Å². The number of nitrogens with zero attached hydrogens (tertiary/aromatic N) is 2. The summed E-state index contributed by atoms with van der Waals surface area (Å²) < 4.78 is 0. The minimum atomic E-state index is -1.19. The number of aryl methyl sites for hydroxylation is 1. The lowest BCUT2D eigenvalue weighted by atomic mass is 9.91. The second kappa shape index (κ2) is 8.88. The monoisotopic (exact) mass is 427 g/mol. The van der Waals surface area contributed by atoms with E-state index >= 15 is 0 Å². The number of carbonyl (C=O) groups excluding carboxylic acids is 3. The summed E-state index contributed by atoms with van der Waals surface area (Å²) in [6.45, 7) is 3.79. The van der Waals surface area contributed by atoms with Crippen molar-refractivity contribution in [3.8, 4) is 0 Å². The fraction of sp³-hybridized carbons (Fsp3) is 0.348. The molecule has 158 valence electrons. The van der Waals surface area contributed by atoms with Gasteiger partial charge in [0.1, 0.15) is 12.1 Å². The van der Waals surface area contributed by atoms with E-state index in [-0.39, 0.29) is 12.5 Å². The average molecular weight is 428 g/mol. The number of carbonyl (C=O) groups is 3. The van der Waals surface area contributed by atoms with Crippen LogP contribution in [0.4, 0.5) is 4.79 Å². The molecule has 1 saturated heterocycles. The summed E-state index contributed by atoms with van der Waals surface area (Å²) in [5.41, 5.74) is 1.56. The van der Waals surface area contributed by atoms with Gasteiger partial charge >= 0.3 is 6.03 Å². The molecule has 1 aliphatic rings. The van der Waals surface area contributed by atoms with Gasteiger partial charge in [-0.2, -0.15) is 0 Å². The van der Waals surface area contributed by atoms with Crippen LogP contribution in [0.2, 0.25) is 5.02 Å². The molecule has 1 unspecified atom stereocenters. The molecule has 1 N–H and O–H groups in total. The number of likely N-dealkylation sites (N-methyl/N-ethyl adjacent to an activating group) is 1. The highest BCUT2D eigenvalue weighted by Gasteiger charge is 2.49. The lowest BCUT2D eigenvalue weighted by Gasteiger charge is -2.23. The maximum absolute atomic E-state index is 13.1. The van der Waals surface area contributed by atoms with Gasteiger partial charge in [0.25, 0.3) is 5.91 Å². The Morgan fingerprint density at radius 2 is 1.83 bits per heavy atom. The van der Waals surface area contributed by atoms with Crippen LogP contribution in [-0.4, -0.2) is 41.2 Å². The Morgan fingerprint density at radius 1 is 1.13 bits per heavy atom. The first kappa shape index (κ1) is 21.8. The van der Waals surface area contributed by atoms with E-state index in [1.54, 1.807) is 26.1 Å². The van der Waals surface area contributed by atoms with Crippen molar-refractivity contribution in [3.05, 3.63) is 70.2 Å². The van der Waals surface area contributed by atoms with Crippen LogP contribution in [0.1, 0.15) is 37.0 Å². The molecule has 6 nitrogen and oxygen atoms in total. The predicted molar refractivity (Wildman–Crippen MR) is 116 cm³/mol. The molecule has 1 aliphatic heterocycles. The first-order valence-corrected chi connectivity index (χ1v) is 10.3. The van der Waals surface area contributed by atoms with Crippen LogP contribution in [0, 0.1) is 0 Å². The Morgan fingerprint density at radius 3 is 2.47 bits per heavy atom. The van der Waals surface area contributed by atoms with E-state index in [0.29, 0.717) is 17.1 Å². The molecular weight excluding hydrogens is 402 g/mol. The van der Waals surface area contributed by atoms with E-state index < -0.39 is 17.5 Å². The van der Waals surface area contributed by atoms with Crippen molar-refractivity contribution in [2.45, 2.75) is 38.8 Å². The minimum Gasteiger partial charge on any atom is -0.340 e. The molecule has 0 aromatic heterocycles. The lowest BCUT2D eigenvalue weighted by molar-refractivity contribution is -0.138. The maximum Gasteiger partial charge on any atom is 0.325 e. The maximum atomic E-state index is 13.1. The van der Waals surface area contributed by atoms with E-state index in [2.05, 4.69) is 12.2 Å². The second-order valence-electron chi connectivity index (χ2n) is 7.77. The quantitative estimate of drug-likeness (QED) is 0.684. The van der Waals surface area contributed by atoms with E-state index in [4.69, 9.17) is 11.6 Å². The van der Waals surface area contributed by atoms with Gasteiger partial charge in [-0.15, -0.1) is 0 Å². The van der Waals surface area contributed by atoms with E-state index in [9.17, 15) is 14.4 Å². The fourth-order valence-electron chi connectivity index (χ4n) is 3.58. The summed E-state index contributed by atoms with van der Waals surface area (Å²) in [6.07, 6.45) is 1.99. The first-order chi connectivity index (χ1) is 14.2. The number of urea groups is 1. The minimum absolute atomic E-state index is 0.314. The van der Waals surface area contributed by atoms with Gasteiger partial charge in [0.2, 0.25) is 5.91 Å². The topological polar surface area (TPSA) is 69.7 Å². The third kappa shape index (κ3) is 4.49. The molecule has 1 fully saturated rings. The second-order valence-corrected chi connectivity index (χ2v) is 8.21. The van der Waals surface area contributed by atoms with Gasteiger partial charge in [-0.3, -0.25) is 14.5 Å². The Bertz CT molecular complexity index is 960. The smallest absolute Gasteiger partial charge is 0.325 e. The number of halogens is 1. The summed E-state index contributed by atoms with van der Waals surface area (Å²) in [6, 6.07) is 14.3. The number of hydrogen-bond donors (Lipinski definition) is 1. The summed E-state index contributed by atoms with van der Waals surface area (Å²) in [4.78, 5) is 40.7. The van der Waals surface area contributed by atoms with Crippen molar-refractivity contribution in [1.82, 2.24) is 15.1 Å². The van der Waals surface area contributed by atoms with Gasteiger partial charge in [-0.1, -0.05) is 61.3 Å². The number of amides is 4. The molecule has 2 aromatic carbocycles. The van der Waals surface area contributed by atoms with Crippen LogP contribution >= 0.6 is 11.6 Å².